The molecule has 0 bridgehead atoms. The predicted molar refractivity (Wildman–Crippen MR) is 92.6 cm³/mol. The minimum Gasteiger partial charge on any atom is -0.389 e. The monoisotopic (exact) mass is 311 g/mol. The van der Waals surface area contributed by atoms with Crippen molar-refractivity contribution in [1.82, 2.24) is 4.90 Å². The van der Waals surface area contributed by atoms with Gasteiger partial charge >= 0.3 is 0 Å². The molecule has 0 spiro atoms. The lowest BCUT2D eigenvalue weighted by atomic mass is 10.1. The summed E-state index contributed by atoms with van der Waals surface area (Å²) < 4.78 is 14.2. The number of thiocarbonyl (C=S) groups is 1. The highest BCUT2D eigenvalue weighted by Gasteiger charge is 2.11. The molecule has 0 aromatic heterocycles. The van der Waals surface area contributed by atoms with Gasteiger partial charge in [-0.15, -0.1) is 0 Å². The van der Waals surface area contributed by atoms with Crippen LogP contribution in [-0.4, -0.2) is 42.6 Å². The summed E-state index contributed by atoms with van der Waals surface area (Å²) in [6, 6.07) is 4.98. The van der Waals surface area contributed by atoms with Crippen molar-refractivity contribution in [2.45, 2.75) is 27.2 Å². The minimum absolute atomic E-state index is 0.227. The molecule has 1 aromatic rings. The van der Waals surface area contributed by atoms with Crippen molar-refractivity contribution in [3.8, 4) is 0 Å². The summed E-state index contributed by atoms with van der Waals surface area (Å²) in [6.07, 6.45) is 1.02. The molecule has 0 amide bonds. The first-order chi connectivity index (χ1) is 10.0. The third kappa shape index (κ3) is 5.25. The van der Waals surface area contributed by atoms with Crippen LogP contribution in [0.4, 0.5) is 10.1 Å². The van der Waals surface area contributed by atoms with E-state index >= 15 is 0 Å². The van der Waals surface area contributed by atoms with Crippen LogP contribution in [0.2, 0.25) is 0 Å². The second-order valence-electron chi connectivity index (χ2n) is 4.99. The second-order valence-corrected chi connectivity index (χ2v) is 5.43. The smallest absolute Gasteiger partial charge is 0.147 e. The van der Waals surface area contributed by atoms with Gasteiger partial charge in [0, 0.05) is 18.7 Å². The SMILES string of the molecule is CCN(CC)CCCN(CC)c1ccc(C(N)=S)cc1F. The lowest BCUT2D eigenvalue weighted by molar-refractivity contribution is 0.300. The van der Waals surface area contributed by atoms with Crippen LogP contribution in [0, 0.1) is 5.82 Å². The summed E-state index contributed by atoms with van der Waals surface area (Å²) in [6.45, 7) is 11.1. The van der Waals surface area contributed by atoms with Gasteiger partial charge in [-0.3, -0.25) is 0 Å². The average molecular weight is 311 g/mol. The van der Waals surface area contributed by atoms with Crippen LogP contribution in [0.5, 0.6) is 0 Å². The summed E-state index contributed by atoms with van der Waals surface area (Å²) in [5.41, 5.74) is 6.73. The number of rotatable bonds is 9. The van der Waals surface area contributed by atoms with E-state index < -0.39 is 0 Å². The fraction of sp³-hybridized carbons (Fsp3) is 0.562. The van der Waals surface area contributed by atoms with Crippen molar-refractivity contribution in [3.05, 3.63) is 29.6 Å². The first kappa shape index (κ1) is 17.9. The number of halogens is 1. The molecule has 0 aliphatic carbocycles. The lowest BCUT2D eigenvalue weighted by Crippen LogP contribution is -2.30. The van der Waals surface area contributed by atoms with Crippen LogP contribution in [0.15, 0.2) is 18.2 Å². The molecule has 0 unspecified atom stereocenters. The highest BCUT2D eigenvalue weighted by atomic mass is 32.1. The number of hydrogen-bond acceptors (Lipinski definition) is 3. The van der Waals surface area contributed by atoms with Crippen molar-refractivity contribution >= 4 is 22.9 Å². The van der Waals surface area contributed by atoms with Crippen molar-refractivity contribution < 1.29 is 4.39 Å². The van der Waals surface area contributed by atoms with E-state index in [2.05, 4.69) is 23.6 Å². The maximum atomic E-state index is 14.2. The van der Waals surface area contributed by atoms with E-state index in [-0.39, 0.29) is 10.8 Å². The third-order valence-electron chi connectivity index (χ3n) is 3.75. The van der Waals surface area contributed by atoms with E-state index in [4.69, 9.17) is 18.0 Å². The maximum Gasteiger partial charge on any atom is 0.147 e. The molecule has 0 saturated carbocycles. The van der Waals surface area contributed by atoms with Gasteiger partial charge in [-0.25, -0.2) is 4.39 Å². The molecule has 1 aromatic carbocycles. The molecule has 0 heterocycles. The van der Waals surface area contributed by atoms with Crippen LogP contribution >= 0.6 is 12.2 Å². The summed E-state index contributed by atoms with van der Waals surface area (Å²) in [5.74, 6) is -0.259. The Morgan fingerprint density at radius 3 is 2.29 bits per heavy atom. The Labute approximate surface area is 132 Å². The molecule has 0 aliphatic heterocycles. The summed E-state index contributed by atoms with van der Waals surface area (Å²) in [5, 5.41) is 0. The van der Waals surface area contributed by atoms with Gasteiger partial charge in [0.15, 0.2) is 0 Å². The highest BCUT2D eigenvalue weighted by Crippen LogP contribution is 2.21. The minimum atomic E-state index is -0.259. The normalized spacial score (nSPS) is 10.9. The average Bonchev–Trinajstić information content (AvgIpc) is 2.48. The Hall–Kier alpha value is -1.20. The Morgan fingerprint density at radius 1 is 1.14 bits per heavy atom. The largest absolute Gasteiger partial charge is 0.389 e. The molecule has 0 atom stereocenters. The zero-order valence-electron chi connectivity index (χ0n) is 13.2. The lowest BCUT2D eigenvalue weighted by Gasteiger charge is -2.26. The molecular formula is C16H26FN3S. The van der Waals surface area contributed by atoms with Crippen molar-refractivity contribution in [1.29, 1.82) is 0 Å². The van der Waals surface area contributed by atoms with Crippen LogP contribution in [0.1, 0.15) is 32.8 Å². The number of nitrogens with zero attached hydrogens (tertiary/aromatic N) is 2. The Bertz CT molecular complexity index is 461. The number of nitrogens with two attached hydrogens (primary N) is 1. The van der Waals surface area contributed by atoms with Crippen LogP contribution in [0.25, 0.3) is 0 Å². The van der Waals surface area contributed by atoms with Crippen LogP contribution < -0.4 is 10.6 Å². The van der Waals surface area contributed by atoms with Gasteiger partial charge in [-0.05, 0) is 51.2 Å². The molecule has 1 rings (SSSR count). The van der Waals surface area contributed by atoms with Gasteiger partial charge in [0.25, 0.3) is 0 Å². The highest BCUT2D eigenvalue weighted by molar-refractivity contribution is 7.80. The van der Waals surface area contributed by atoms with E-state index in [1.165, 1.54) is 6.07 Å². The van der Waals surface area contributed by atoms with Gasteiger partial charge in [-0.2, -0.15) is 0 Å². The summed E-state index contributed by atoms with van der Waals surface area (Å²) >= 11 is 4.88. The standard InChI is InChI=1S/C16H26FN3S/c1-4-19(5-2)10-7-11-20(6-3)15-9-8-13(16(18)21)12-14(15)17/h8-9,12H,4-7,10-11H2,1-3H3,(H2,18,21). The van der Waals surface area contributed by atoms with Gasteiger partial charge in [0.2, 0.25) is 0 Å². The maximum absolute atomic E-state index is 14.2. The molecule has 0 aliphatic rings. The predicted octanol–water partition coefficient (Wildman–Crippen LogP) is 3.02. The first-order valence-electron chi connectivity index (χ1n) is 7.60. The van der Waals surface area contributed by atoms with E-state index in [0.717, 1.165) is 39.1 Å². The molecule has 0 radical (unpaired) electrons. The second kappa shape index (κ2) is 8.95. The first-order valence-corrected chi connectivity index (χ1v) is 8.00. The Kier molecular flexibility index (Phi) is 7.61. The molecule has 118 valence electrons. The van der Waals surface area contributed by atoms with Crippen molar-refractivity contribution in [2.75, 3.05) is 37.6 Å². The van der Waals surface area contributed by atoms with E-state index in [9.17, 15) is 4.39 Å². The zero-order valence-corrected chi connectivity index (χ0v) is 14.0. The number of hydrogen-bond donors (Lipinski definition) is 1. The topological polar surface area (TPSA) is 32.5 Å². The van der Waals surface area contributed by atoms with Crippen molar-refractivity contribution in [3.63, 3.8) is 0 Å². The van der Waals surface area contributed by atoms with E-state index in [1.54, 1.807) is 12.1 Å². The van der Waals surface area contributed by atoms with Gasteiger partial charge in [-0.1, -0.05) is 26.1 Å². The molecular weight excluding hydrogens is 285 g/mol. The van der Waals surface area contributed by atoms with Crippen LogP contribution in [0.3, 0.4) is 0 Å². The van der Waals surface area contributed by atoms with Crippen LogP contribution in [-0.2, 0) is 0 Å². The molecule has 0 saturated heterocycles. The van der Waals surface area contributed by atoms with E-state index in [0.29, 0.717) is 11.3 Å². The van der Waals surface area contributed by atoms with E-state index in [1.807, 2.05) is 6.92 Å². The fourth-order valence-electron chi connectivity index (χ4n) is 2.39. The quantitative estimate of drug-likeness (QED) is 0.711. The van der Waals surface area contributed by atoms with Gasteiger partial charge in [0.1, 0.15) is 10.8 Å². The van der Waals surface area contributed by atoms with Gasteiger partial charge < -0.3 is 15.5 Å². The number of anilines is 1. The third-order valence-corrected chi connectivity index (χ3v) is 3.99. The van der Waals surface area contributed by atoms with Crippen molar-refractivity contribution in [2.24, 2.45) is 5.73 Å². The summed E-state index contributed by atoms with van der Waals surface area (Å²) in [4.78, 5) is 4.66. The fourth-order valence-corrected chi connectivity index (χ4v) is 2.52. The zero-order chi connectivity index (χ0) is 15.8. The molecule has 3 nitrogen and oxygen atoms in total. The Balaban J connectivity index is 2.69. The number of benzene rings is 1. The summed E-state index contributed by atoms with van der Waals surface area (Å²) in [7, 11) is 0. The van der Waals surface area contributed by atoms with Gasteiger partial charge in [0.05, 0.1) is 5.69 Å². The molecule has 2 N–H and O–H groups in total. The molecule has 5 heteroatoms. The molecule has 21 heavy (non-hydrogen) atoms. The Morgan fingerprint density at radius 2 is 1.81 bits per heavy atom. The molecule has 0 fully saturated rings.